The van der Waals surface area contributed by atoms with Crippen molar-refractivity contribution in [2.24, 2.45) is 0 Å². The van der Waals surface area contributed by atoms with E-state index in [4.69, 9.17) is 4.74 Å². The summed E-state index contributed by atoms with van der Waals surface area (Å²) in [6.07, 6.45) is 0.923. The molecule has 2 aromatic rings. The van der Waals surface area contributed by atoms with E-state index in [2.05, 4.69) is 21.2 Å². The maximum Gasteiger partial charge on any atom is 0.244 e. The van der Waals surface area contributed by atoms with E-state index in [1.165, 1.54) is 0 Å². The van der Waals surface area contributed by atoms with E-state index >= 15 is 0 Å². The highest BCUT2D eigenvalue weighted by Crippen LogP contribution is 2.43. The molecule has 0 radical (unpaired) electrons. The molecule has 1 N–H and O–H groups in total. The second kappa shape index (κ2) is 7.70. The van der Waals surface area contributed by atoms with Crippen LogP contribution < -0.4 is 10.1 Å². The zero-order valence-electron chi connectivity index (χ0n) is 15.1. The number of ether oxygens (including phenoxy) is 1. The normalized spacial score (nSPS) is 19.9. The Bertz CT molecular complexity index is 1040. The first kappa shape index (κ1) is 19.8. The standard InChI is InChI=1S/C19H19BrN2O4S2/c1-26-17-6-2-13(11-15(17)20)19-22(8-9-27-19)28(24,25)14-4-5-16-12(10-14)3-7-18(23)21-16/h2,4-6,10-11,19H,3,7-9H2,1H3,(H,21,23). The fourth-order valence-corrected chi connectivity index (χ4v) is 7.30. The van der Waals surface area contributed by atoms with Crippen molar-refractivity contribution in [1.29, 1.82) is 0 Å². The van der Waals surface area contributed by atoms with Crippen LogP contribution in [0.3, 0.4) is 0 Å². The molecule has 2 aliphatic rings. The van der Waals surface area contributed by atoms with Gasteiger partial charge in [-0.15, -0.1) is 11.8 Å². The molecule has 2 heterocycles. The lowest BCUT2D eigenvalue weighted by Gasteiger charge is -2.25. The van der Waals surface area contributed by atoms with Gasteiger partial charge in [0.05, 0.1) is 21.9 Å². The van der Waals surface area contributed by atoms with E-state index in [1.54, 1.807) is 41.4 Å². The molecule has 0 saturated carbocycles. The average Bonchev–Trinajstić information content (AvgIpc) is 3.18. The Kier molecular flexibility index (Phi) is 5.43. The highest BCUT2D eigenvalue weighted by atomic mass is 79.9. The monoisotopic (exact) mass is 482 g/mol. The van der Waals surface area contributed by atoms with Crippen molar-refractivity contribution in [3.05, 3.63) is 52.0 Å². The summed E-state index contributed by atoms with van der Waals surface area (Å²) in [4.78, 5) is 11.8. The highest BCUT2D eigenvalue weighted by molar-refractivity contribution is 9.10. The van der Waals surface area contributed by atoms with Gasteiger partial charge >= 0.3 is 0 Å². The van der Waals surface area contributed by atoms with Crippen molar-refractivity contribution in [2.75, 3.05) is 24.7 Å². The Morgan fingerprint density at radius 3 is 2.79 bits per heavy atom. The van der Waals surface area contributed by atoms with Gasteiger partial charge in [0, 0.05) is 24.4 Å². The number of rotatable bonds is 4. The number of benzene rings is 2. The molecule has 148 valence electrons. The number of carbonyl (C=O) groups excluding carboxylic acids is 1. The fourth-order valence-electron chi connectivity index (χ4n) is 3.46. The van der Waals surface area contributed by atoms with Crippen LogP contribution in [0.5, 0.6) is 5.75 Å². The van der Waals surface area contributed by atoms with Crippen molar-refractivity contribution in [2.45, 2.75) is 23.1 Å². The minimum Gasteiger partial charge on any atom is -0.496 e. The van der Waals surface area contributed by atoms with Crippen molar-refractivity contribution in [1.82, 2.24) is 4.31 Å². The van der Waals surface area contributed by atoms with Crippen LogP contribution in [0.1, 0.15) is 22.9 Å². The van der Waals surface area contributed by atoms with Gasteiger partial charge in [0.25, 0.3) is 0 Å². The molecule has 0 spiro atoms. The molecule has 0 aliphatic carbocycles. The number of thioether (sulfide) groups is 1. The molecule has 1 fully saturated rings. The first-order chi connectivity index (χ1) is 13.4. The van der Waals surface area contributed by atoms with Crippen LogP contribution in [0, 0.1) is 0 Å². The lowest BCUT2D eigenvalue weighted by molar-refractivity contribution is -0.116. The Balaban J connectivity index is 1.67. The summed E-state index contributed by atoms with van der Waals surface area (Å²) < 4.78 is 34.3. The number of hydrogen-bond donors (Lipinski definition) is 1. The molecule has 0 bridgehead atoms. The van der Waals surface area contributed by atoms with Gasteiger partial charge in [-0.05, 0) is 63.8 Å². The second-order valence-electron chi connectivity index (χ2n) is 6.60. The summed E-state index contributed by atoms with van der Waals surface area (Å²) in [5, 5.41) is 2.50. The van der Waals surface area contributed by atoms with Crippen LogP contribution >= 0.6 is 27.7 Å². The third kappa shape index (κ3) is 3.56. The Labute approximate surface area is 176 Å². The molecular formula is C19H19BrN2O4S2. The van der Waals surface area contributed by atoms with Gasteiger partial charge in [0.1, 0.15) is 5.75 Å². The van der Waals surface area contributed by atoms with Gasteiger partial charge < -0.3 is 10.1 Å². The predicted molar refractivity (Wildman–Crippen MR) is 113 cm³/mol. The number of nitrogens with one attached hydrogen (secondary N) is 1. The molecule has 4 rings (SSSR count). The maximum atomic E-state index is 13.4. The first-order valence-corrected chi connectivity index (χ1v) is 12.1. The molecule has 2 aromatic carbocycles. The average molecular weight is 483 g/mol. The molecule has 6 nitrogen and oxygen atoms in total. The third-order valence-corrected chi connectivity index (χ3v) is 8.76. The maximum absolute atomic E-state index is 13.4. The minimum atomic E-state index is -3.66. The lowest BCUT2D eigenvalue weighted by Crippen LogP contribution is -2.31. The number of carbonyl (C=O) groups is 1. The number of anilines is 1. The van der Waals surface area contributed by atoms with Crippen molar-refractivity contribution in [3.63, 3.8) is 0 Å². The quantitative estimate of drug-likeness (QED) is 0.717. The zero-order valence-corrected chi connectivity index (χ0v) is 18.4. The highest BCUT2D eigenvalue weighted by Gasteiger charge is 2.37. The van der Waals surface area contributed by atoms with Crippen molar-refractivity contribution in [3.8, 4) is 5.75 Å². The number of hydrogen-bond acceptors (Lipinski definition) is 5. The SMILES string of the molecule is COc1ccc(C2SCCN2S(=O)(=O)c2ccc3c(c2)CCC(=O)N3)cc1Br. The Hall–Kier alpha value is -1.55. The van der Waals surface area contributed by atoms with Crippen LogP contribution in [0.4, 0.5) is 5.69 Å². The van der Waals surface area contributed by atoms with E-state index in [1.807, 2.05) is 18.2 Å². The molecule has 1 amide bonds. The van der Waals surface area contributed by atoms with Crippen LogP contribution in [-0.4, -0.2) is 38.0 Å². The van der Waals surface area contributed by atoms with Gasteiger partial charge in [-0.3, -0.25) is 4.79 Å². The van der Waals surface area contributed by atoms with Gasteiger partial charge in [-0.25, -0.2) is 8.42 Å². The molecule has 28 heavy (non-hydrogen) atoms. The topological polar surface area (TPSA) is 75.7 Å². The van der Waals surface area contributed by atoms with Crippen LogP contribution in [0.25, 0.3) is 0 Å². The zero-order chi connectivity index (χ0) is 19.9. The minimum absolute atomic E-state index is 0.0378. The van der Waals surface area contributed by atoms with E-state index in [0.717, 1.165) is 21.4 Å². The van der Waals surface area contributed by atoms with Gasteiger partial charge in [-0.1, -0.05) is 6.07 Å². The molecule has 2 aliphatic heterocycles. The van der Waals surface area contributed by atoms with E-state index < -0.39 is 10.0 Å². The summed E-state index contributed by atoms with van der Waals surface area (Å²) in [5.74, 6) is 1.40. The number of amides is 1. The fraction of sp³-hybridized carbons (Fsp3) is 0.316. The second-order valence-corrected chi connectivity index (χ2v) is 10.5. The van der Waals surface area contributed by atoms with Crippen LogP contribution in [0.15, 0.2) is 45.8 Å². The molecule has 1 atom stereocenters. The van der Waals surface area contributed by atoms with E-state index in [0.29, 0.717) is 30.8 Å². The molecular weight excluding hydrogens is 464 g/mol. The first-order valence-electron chi connectivity index (χ1n) is 8.80. The van der Waals surface area contributed by atoms with Crippen molar-refractivity contribution >= 4 is 49.3 Å². The Morgan fingerprint density at radius 1 is 1.21 bits per heavy atom. The predicted octanol–water partition coefficient (Wildman–Crippen LogP) is 3.78. The van der Waals surface area contributed by atoms with Crippen molar-refractivity contribution < 1.29 is 17.9 Å². The van der Waals surface area contributed by atoms with E-state index in [-0.39, 0.29) is 16.2 Å². The summed E-state index contributed by atoms with van der Waals surface area (Å²) in [5.41, 5.74) is 2.46. The number of halogens is 1. The summed E-state index contributed by atoms with van der Waals surface area (Å²) in [7, 11) is -2.06. The third-order valence-electron chi connectivity index (χ3n) is 4.89. The number of methoxy groups -OCH3 is 1. The van der Waals surface area contributed by atoms with Gasteiger partial charge in [-0.2, -0.15) is 4.31 Å². The lowest BCUT2D eigenvalue weighted by atomic mass is 10.0. The summed E-state index contributed by atoms with van der Waals surface area (Å²) >= 11 is 5.08. The van der Waals surface area contributed by atoms with E-state index in [9.17, 15) is 13.2 Å². The number of fused-ring (bicyclic) bond motifs is 1. The number of aryl methyl sites for hydroxylation is 1. The molecule has 1 saturated heterocycles. The Morgan fingerprint density at radius 2 is 2.04 bits per heavy atom. The van der Waals surface area contributed by atoms with Crippen LogP contribution in [-0.2, 0) is 21.2 Å². The van der Waals surface area contributed by atoms with Gasteiger partial charge in [0.2, 0.25) is 15.9 Å². The molecule has 9 heteroatoms. The smallest absolute Gasteiger partial charge is 0.244 e. The number of sulfonamides is 1. The van der Waals surface area contributed by atoms with Gasteiger partial charge in [0.15, 0.2) is 0 Å². The molecule has 1 unspecified atom stereocenters. The largest absolute Gasteiger partial charge is 0.496 e. The van der Waals surface area contributed by atoms with Crippen LogP contribution in [0.2, 0.25) is 0 Å². The number of nitrogens with zero attached hydrogens (tertiary/aromatic N) is 1. The molecule has 0 aromatic heterocycles. The summed E-state index contributed by atoms with van der Waals surface area (Å²) in [6, 6.07) is 10.6. The summed E-state index contributed by atoms with van der Waals surface area (Å²) in [6.45, 7) is 0.454.